The highest BCUT2D eigenvalue weighted by Crippen LogP contribution is 2.66. The van der Waals surface area contributed by atoms with Crippen LogP contribution in [0.3, 0.4) is 0 Å². The molecule has 1 fully saturated rings. The maximum atomic E-state index is 6.27. The molecule has 2 heterocycles. The monoisotopic (exact) mass is 500 g/mol. The van der Waals surface area contributed by atoms with Gasteiger partial charge in [0.15, 0.2) is 0 Å². The van der Waals surface area contributed by atoms with Crippen molar-refractivity contribution in [2.45, 2.75) is 23.7 Å². The van der Waals surface area contributed by atoms with Crippen LogP contribution in [0.4, 0.5) is 0 Å². The van der Waals surface area contributed by atoms with E-state index in [9.17, 15) is 0 Å². The first kappa shape index (κ1) is 21.6. The Morgan fingerprint density at radius 1 is 0.469 bits per heavy atom. The molecule has 0 saturated heterocycles. The molecule has 0 amide bonds. The van der Waals surface area contributed by atoms with Gasteiger partial charge >= 0.3 is 0 Å². The van der Waals surface area contributed by atoms with Crippen LogP contribution >= 0.6 is 46.4 Å². The summed E-state index contributed by atoms with van der Waals surface area (Å²) in [6, 6.07) is 24.1. The van der Waals surface area contributed by atoms with E-state index in [0.717, 1.165) is 22.5 Å². The van der Waals surface area contributed by atoms with E-state index in [0.29, 0.717) is 10.3 Å². The van der Waals surface area contributed by atoms with Gasteiger partial charge in [0, 0.05) is 23.7 Å². The topological polar surface area (TPSA) is 51.6 Å². The zero-order chi connectivity index (χ0) is 22.2. The Morgan fingerprint density at radius 2 is 0.844 bits per heavy atom. The first-order valence-corrected chi connectivity index (χ1v) is 11.5. The normalized spacial score (nSPS) is 22.4. The average Bonchev–Trinajstić information content (AvgIpc) is 2.73. The average molecular weight is 502 g/mol. The van der Waals surface area contributed by atoms with Crippen LogP contribution in [0.15, 0.2) is 72.8 Å². The fourth-order valence-electron chi connectivity index (χ4n) is 4.82. The SMILES string of the molecule is Clc1cc([C@H]2[C@@H](c3ccccc3)[C@@H](c3cc(Cl)nc(Cl)n3)[C@H]2c2ccccc2)nc(Cl)n1. The molecule has 4 nitrogen and oxygen atoms in total. The highest BCUT2D eigenvalue weighted by molar-refractivity contribution is 6.32. The van der Waals surface area contributed by atoms with Gasteiger partial charge in [0.25, 0.3) is 0 Å². The minimum atomic E-state index is -0.00434. The van der Waals surface area contributed by atoms with Crippen molar-refractivity contribution in [1.82, 2.24) is 19.9 Å². The van der Waals surface area contributed by atoms with Gasteiger partial charge in [0.2, 0.25) is 10.6 Å². The van der Waals surface area contributed by atoms with Crippen molar-refractivity contribution in [1.29, 1.82) is 0 Å². The van der Waals surface area contributed by atoms with Crippen molar-refractivity contribution in [3.8, 4) is 0 Å². The summed E-state index contributed by atoms with van der Waals surface area (Å²) in [5.74, 6) is 0.0848. The second-order valence-corrected chi connectivity index (χ2v) is 9.14. The molecule has 32 heavy (non-hydrogen) atoms. The number of hydrogen-bond acceptors (Lipinski definition) is 4. The van der Waals surface area contributed by atoms with E-state index in [1.807, 2.05) is 36.4 Å². The fraction of sp³-hybridized carbons (Fsp3) is 0.167. The Labute approximate surface area is 205 Å². The highest BCUT2D eigenvalue weighted by Gasteiger charge is 2.54. The van der Waals surface area contributed by atoms with E-state index in [2.05, 4.69) is 44.2 Å². The van der Waals surface area contributed by atoms with Crippen LogP contribution in [0, 0.1) is 0 Å². The zero-order valence-corrected chi connectivity index (χ0v) is 19.6. The molecule has 1 aliphatic rings. The van der Waals surface area contributed by atoms with Crippen LogP contribution in [-0.2, 0) is 0 Å². The predicted molar refractivity (Wildman–Crippen MR) is 128 cm³/mol. The number of rotatable bonds is 4. The Kier molecular flexibility index (Phi) is 6.04. The molecule has 0 spiro atoms. The van der Waals surface area contributed by atoms with Crippen LogP contribution in [0.5, 0.6) is 0 Å². The molecule has 0 radical (unpaired) electrons. The maximum Gasteiger partial charge on any atom is 0.224 e. The Bertz CT molecular complexity index is 1110. The molecule has 2 aromatic carbocycles. The van der Waals surface area contributed by atoms with E-state index in [-0.39, 0.29) is 34.2 Å². The molecule has 1 aliphatic carbocycles. The lowest BCUT2D eigenvalue weighted by Crippen LogP contribution is -2.41. The van der Waals surface area contributed by atoms with Crippen molar-refractivity contribution in [2.75, 3.05) is 0 Å². The first-order chi connectivity index (χ1) is 15.5. The van der Waals surface area contributed by atoms with Crippen LogP contribution in [-0.4, -0.2) is 19.9 Å². The third-order valence-electron chi connectivity index (χ3n) is 5.97. The molecule has 0 N–H and O–H groups in total. The van der Waals surface area contributed by atoms with E-state index in [1.54, 1.807) is 12.1 Å². The summed E-state index contributed by atoms with van der Waals surface area (Å²) in [6.07, 6.45) is 0. The van der Waals surface area contributed by atoms with E-state index < -0.39 is 0 Å². The number of hydrogen-bond donors (Lipinski definition) is 0. The van der Waals surface area contributed by atoms with Gasteiger partial charge in [-0.25, -0.2) is 19.9 Å². The second kappa shape index (κ2) is 8.95. The van der Waals surface area contributed by atoms with Crippen LogP contribution < -0.4 is 0 Å². The fourth-order valence-corrected chi connectivity index (χ4v) is 5.67. The summed E-state index contributed by atoms with van der Waals surface area (Å²) in [6.45, 7) is 0. The van der Waals surface area contributed by atoms with Gasteiger partial charge in [0.05, 0.1) is 11.4 Å². The van der Waals surface area contributed by atoms with Crippen molar-refractivity contribution < 1.29 is 0 Å². The third kappa shape index (κ3) is 4.08. The van der Waals surface area contributed by atoms with Crippen LogP contribution in [0.25, 0.3) is 0 Å². The molecule has 0 bridgehead atoms. The minimum absolute atomic E-state index is 0.00434. The lowest BCUT2D eigenvalue weighted by atomic mass is 9.50. The second-order valence-electron chi connectivity index (χ2n) is 7.69. The maximum absolute atomic E-state index is 6.27. The van der Waals surface area contributed by atoms with E-state index in [4.69, 9.17) is 46.4 Å². The number of aromatic nitrogens is 4. The van der Waals surface area contributed by atoms with Crippen molar-refractivity contribution in [3.63, 3.8) is 0 Å². The van der Waals surface area contributed by atoms with E-state index in [1.165, 1.54) is 0 Å². The van der Waals surface area contributed by atoms with Crippen LogP contribution in [0.2, 0.25) is 20.9 Å². The summed E-state index contributed by atoms with van der Waals surface area (Å²) in [5.41, 5.74) is 3.90. The minimum Gasteiger partial charge on any atom is -0.223 e. The first-order valence-electron chi connectivity index (χ1n) is 10.0. The molecular formula is C24H16Cl4N4. The number of halogens is 4. The Morgan fingerprint density at radius 3 is 1.19 bits per heavy atom. The predicted octanol–water partition coefficient (Wildman–Crippen LogP) is 7.33. The van der Waals surface area contributed by atoms with Gasteiger partial charge < -0.3 is 0 Å². The number of benzene rings is 2. The van der Waals surface area contributed by atoms with Crippen molar-refractivity contribution >= 4 is 46.4 Å². The summed E-state index contributed by atoms with van der Waals surface area (Å²) in [4.78, 5) is 17.2. The molecule has 5 rings (SSSR count). The Hall–Kier alpha value is -2.24. The molecule has 1 saturated carbocycles. The zero-order valence-electron chi connectivity index (χ0n) is 16.5. The Balaban J connectivity index is 1.72. The molecule has 0 atom stereocenters. The lowest BCUT2D eigenvalue weighted by molar-refractivity contribution is 0.220. The summed E-state index contributed by atoms with van der Waals surface area (Å²) < 4.78 is 0. The molecule has 8 heteroatoms. The third-order valence-corrected chi connectivity index (χ3v) is 6.70. The molecule has 0 unspecified atom stereocenters. The van der Waals surface area contributed by atoms with Gasteiger partial charge in [-0.3, -0.25) is 0 Å². The smallest absolute Gasteiger partial charge is 0.223 e. The van der Waals surface area contributed by atoms with Crippen molar-refractivity contribution in [2.24, 2.45) is 0 Å². The molecule has 2 aromatic heterocycles. The van der Waals surface area contributed by atoms with Gasteiger partial charge in [-0.1, -0.05) is 83.9 Å². The highest BCUT2D eigenvalue weighted by atomic mass is 35.5. The molecule has 4 aromatic rings. The van der Waals surface area contributed by atoms with Gasteiger partial charge in [-0.2, -0.15) is 0 Å². The van der Waals surface area contributed by atoms with Gasteiger partial charge in [-0.05, 0) is 46.5 Å². The summed E-state index contributed by atoms with van der Waals surface area (Å²) >= 11 is 24.9. The quantitative estimate of drug-likeness (QED) is 0.217. The number of nitrogens with zero attached hydrogens (tertiary/aromatic N) is 4. The van der Waals surface area contributed by atoms with E-state index >= 15 is 0 Å². The lowest BCUT2D eigenvalue weighted by Gasteiger charge is -2.52. The summed E-state index contributed by atoms with van der Waals surface area (Å²) in [5, 5.41) is 0.885. The van der Waals surface area contributed by atoms with Crippen LogP contribution in [0.1, 0.15) is 46.2 Å². The molecular weight excluding hydrogens is 486 g/mol. The summed E-state index contributed by atoms with van der Waals surface area (Å²) in [7, 11) is 0. The van der Waals surface area contributed by atoms with Gasteiger partial charge in [-0.15, -0.1) is 0 Å². The standard InChI is InChI=1S/C24H16Cl4N4/c25-17-11-15(29-23(27)31-17)21-19(13-7-3-1-4-8-13)22(16-12-18(26)32-24(28)30-16)20(21)14-9-5-2-6-10-14/h1-12,19-22H/t19-,20+,21+,22-. The van der Waals surface area contributed by atoms with Gasteiger partial charge in [0.1, 0.15) is 10.3 Å². The van der Waals surface area contributed by atoms with Crippen molar-refractivity contribution in [3.05, 3.63) is 116 Å². The largest absolute Gasteiger partial charge is 0.224 e. The molecule has 0 aliphatic heterocycles. The molecule has 160 valence electrons.